The first-order chi connectivity index (χ1) is 19.9. The van der Waals surface area contributed by atoms with Gasteiger partial charge in [-0.25, -0.2) is 8.42 Å². The van der Waals surface area contributed by atoms with E-state index in [0.29, 0.717) is 31.2 Å². The number of amides is 1. The van der Waals surface area contributed by atoms with Crippen LogP contribution in [0.3, 0.4) is 0 Å². The van der Waals surface area contributed by atoms with Crippen LogP contribution in [0.5, 0.6) is 0 Å². The first-order valence-corrected chi connectivity index (χ1v) is 16.2. The summed E-state index contributed by atoms with van der Waals surface area (Å²) in [6, 6.07) is 21.0. The van der Waals surface area contributed by atoms with Crippen molar-refractivity contribution < 1.29 is 17.9 Å². The molecule has 1 unspecified atom stereocenters. The van der Waals surface area contributed by atoms with Gasteiger partial charge < -0.3 is 14.5 Å². The standard InChI is InChI=1S/C32H40N4O4S/c1-33-16-14-28(15-17-33)34-18-20-35(21-19-34)32(37)24-40-23-29-12-10-26-7-4-5-9-31(26)36(29)41(38,39)30-13-11-25-6-2-3-8-27(25)22-30/h2-9,11,13,22,28-29H,10,12,14-21,23-24H2,1H3. The molecule has 0 radical (unpaired) electrons. The van der Waals surface area contributed by atoms with Gasteiger partial charge in [0.15, 0.2) is 0 Å². The molecular weight excluding hydrogens is 536 g/mol. The molecule has 3 aromatic carbocycles. The van der Waals surface area contributed by atoms with Crippen molar-refractivity contribution in [3.05, 3.63) is 72.3 Å². The average Bonchev–Trinajstić information content (AvgIpc) is 3.01. The molecule has 6 rings (SSSR count). The zero-order valence-electron chi connectivity index (χ0n) is 23.8. The number of likely N-dealkylation sites (tertiary alicyclic amines) is 1. The molecule has 2 saturated heterocycles. The highest BCUT2D eigenvalue weighted by Crippen LogP contribution is 2.36. The van der Waals surface area contributed by atoms with Gasteiger partial charge >= 0.3 is 0 Å². The van der Waals surface area contributed by atoms with Crippen molar-refractivity contribution in [1.82, 2.24) is 14.7 Å². The van der Waals surface area contributed by atoms with E-state index >= 15 is 0 Å². The van der Waals surface area contributed by atoms with Gasteiger partial charge in [-0.15, -0.1) is 0 Å². The van der Waals surface area contributed by atoms with Crippen LogP contribution < -0.4 is 4.31 Å². The van der Waals surface area contributed by atoms with Crippen LogP contribution >= 0.6 is 0 Å². The maximum Gasteiger partial charge on any atom is 0.264 e. The molecule has 8 nitrogen and oxygen atoms in total. The van der Waals surface area contributed by atoms with Crippen molar-refractivity contribution in [2.45, 2.75) is 42.7 Å². The second kappa shape index (κ2) is 12.1. The smallest absolute Gasteiger partial charge is 0.264 e. The number of rotatable bonds is 7. The van der Waals surface area contributed by atoms with Gasteiger partial charge in [0.2, 0.25) is 5.91 Å². The van der Waals surface area contributed by atoms with Crippen LogP contribution in [0, 0.1) is 0 Å². The van der Waals surface area contributed by atoms with Crippen LogP contribution in [-0.2, 0) is 26.0 Å². The number of ether oxygens (including phenoxy) is 1. The fraction of sp³-hybridized carbons (Fsp3) is 0.469. The van der Waals surface area contributed by atoms with Crippen molar-refractivity contribution in [1.29, 1.82) is 0 Å². The Labute approximate surface area is 243 Å². The second-order valence-electron chi connectivity index (χ2n) is 11.6. The number of carbonyl (C=O) groups is 1. The lowest BCUT2D eigenvalue weighted by Crippen LogP contribution is -2.54. The largest absolute Gasteiger partial charge is 0.369 e. The number of benzene rings is 3. The van der Waals surface area contributed by atoms with E-state index in [-0.39, 0.29) is 24.0 Å². The number of aryl methyl sites for hydroxylation is 1. The maximum atomic E-state index is 14.1. The van der Waals surface area contributed by atoms with Crippen molar-refractivity contribution in [2.75, 3.05) is 63.8 Å². The van der Waals surface area contributed by atoms with E-state index in [9.17, 15) is 13.2 Å². The number of carbonyl (C=O) groups excluding carboxylic acids is 1. The highest BCUT2D eigenvalue weighted by atomic mass is 32.2. The molecule has 3 aliphatic rings. The van der Waals surface area contributed by atoms with Crippen LogP contribution in [0.4, 0.5) is 5.69 Å². The number of hydrogen-bond donors (Lipinski definition) is 0. The number of piperidine rings is 1. The molecule has 0 bridgehead atoms. The normalized spacial score (nSPS) is 21.2. The molecule has 3 aliphatic heterocycles. The fourth-order valence-electron chi connectivity index (χ4n) is 6.56. The quantitative estimate of drug-likeness (QED) is 0.428. The third kappa shape index (κ3) is 6.00. The molecule has 0 aromatic heterocycles. The van der Waals surface area contributed by atoms with Gasteiger partial charge in [0.1, 0.15) is 6.61 Å². The minimum absolute atomic E-state index is 0.0202. The zero-order valence-corrected chi connectivity index (χ0v) is 24.6. The van der Waals surface area contributed by atoms with E-state index in [1.54, 1.807) is 12.1 Å². The zero-order chi connectivity index (χ0) is 28.4. The Morgan fingerprint density at radius 3 is 2.34 bits per heavy atom. The van der Waals surface area contributed by atoms with E-state index in [0.717, 1.165) is 48.9 Å². The van der Waals surface area contributed by atoms with Crippen LogP contribution in [0.2, 0.25) is 0 Å². The summed E-state index contributed by atoms with van der Waals surface area (Å²) < 4.78 is 35.7. The number of fused-ring (bicyclic) bond motifs is 2. The summed E-state index contributed by atoms with van der Waals surface area (Å²) >= 11 is 0. The lowest BCUT2D eigenvalue weighted by atomic mass is 9.98. The van der Waals surface area contributed by atoms with E-state index in [1.165, 1.54) is 17.1 Å². The first-order valence-electron chi connectivity index (χ1n) is 14.8. The van der Waals surface area contributed by atoms with Crippen LogP contribution in [0.1, 0.15) is 24.8 Å². The van der Waals surface area contributed by atoms with Gasteiger partial charge in [0.25, 0.3) is 10.0 Å². The molecule has 0 spiro atoms. The number of hydrogen-bond acceptors (Lipinski definition) is 6. The summed E-state index contributed by atoms with van der Waals surface area (Å²) in [7, 11) is -1.68. The highest BCUT2D eigenvalue weighted by molar-refractivity contribution is 7.92. The number of nitrogens with zero attached hydrogens (tertiary/aromatic N) is 4. The van der Waals surface area contributed by atoms with Crippen LogP contribution in [0.15, 0.2) is 71.6 Å². The third-order valence-electron chi connectivity index (χ3n) is 8.99. The summed E-state index contributed by atoms with van der Waals surface area (Å²) in [4.78, 5) is 20.1. The molecular formula is C32H40N4O4S. The molecule has 1 atom stereocenters. The predicted molar refractivity (Wildman–Crippen MR) is 162 cm³/mol. The Hall–Kier alpha value is -2.98. The van der Waals surface area contributed by atoms with E-state index in [1.807, 2.05) is 59.5 Å². The molecule has 2 fully saturated rings. The summed E-state index contributed by atoms with van der Waals surface area (Å²) in [6.45, 7) is 5.64. The van der Waals surface area contributed by atoms with Crippen molar-refractivity contribution in [3.8, 4) is 0 Å². The SMILES string of the molecule is CN1CCC(N2CCN(C(=O)COCC3CCc4ccccc4N3S(=O)(=O)c3ccc4ccccc4c3)CC2)CC1. The lowest BCUT2D eigenvalue weighted by Gasteiger charge is -2.42. The monoisotopic (exact) mass is 576 g/mol. The molecule has 1 amide bonds. The minimum Gasteiger partial charge on any atom is -0.369 e. The van der Waals surface area contributed by atoms with Gasteiger partial charge in [-0.3, -0.25) is 14.0 Å². The van der Waals surface area contributed by atoms with E-state index < -0.39 is 16.1 Å². The Bertz CT molecular complexity index is 1480. The topological polar surface area (TPSA) is 73.4 Å². The molecule has 0 aliphatic carbocycles. The van der Waals surface area contributed by atoms with Gasteiger partial charge in [0.05, 0.1) is 23.2 Å². The number of piperazine rings is 1. The van der Waals surface area contributed by atoms with Crippen LogP contribution in [-0.4, -0.2) is 101 Å². The van der Waals surface area contributed by atoms with Gasteiger partial charge in [-0.2, -0.15) is 0 Å². The molecule has 9 heteroatoms. The van der Waals surface area contributed by atoms with Gasteiger partial charge in [-0.05, 0) is 80.4 Å². The van der Waals surface area contributed by atoms with Crippen LogP contribution in [0.25, 0.3) is 10.8 Å². The molecule has 3 heterocycles. The van der Waals surface area contributed by atoms with Crippen molar-refractivity contribution in [3.63, 3.8) is 0 Å². The summed E-state index contributed by atoms with van der Waals surface area (Å²) in [5, 5.41) is 1.88. The lowest BCUT2D eigenvalue weighted by molar-refractivity contribution is -0.138. The summed E-state index contributed by atoms with van der Waals surface area (Å²) in [5.74, 6) is -0.0202. The Balaban J connectivity index is 1.11. The first kappa shape index (κ1) is 28.2. The van der Waals surface area contributed by atoms with E-state index in [4.69, 9.17) is 4.74 Å². The summed E-state index contributed by atoms with van der Waals surface area (Å²) in [5.41, 5.74) is 1.70. The van der Waals surface area contributed by atoms with Crippen molar-refractivity contribution >= 4 is 32.4 Å². The molecule has 218 valence electrons. The molecule has 3 aromatic rings. The van der Waals surface area contributed by atoms with E-state index in [2.05, 4.69) is 16.8 Å². The second-order valence-corrected chi connectivity index (χ2v) is 13.4. The molecule has 0 N–H and O–H groups in total. The molecule has 0 saturated carbocycles. The third-order valence-corrected chi connectivity index (χ3v) is 10.9. The number of anilines is 1. The molecule has 41 heavy (non-hydrogen) atoms. The van der Waals surface area contributed by atoms with Gasteiger partial charge in [-0.1, -0.05) is 48.5 Å². The predicted octanol–water partition coefficient (Wildman–Crippen LogP) is 3.60. The van der Waals surface area contributed by atoms with Crippen molar-refractivity contribution in [2.24, 2.45) is 0 Å². The minimum atomic E-state index is -3.86. The Morgan fingerprint density at radius 1 is 0.854 bits per heavy atom. The Morgan fingerprint density at radius 2 is 1.56 bits per heavy atom. The maximum absolute atomic E-state index is 14.1. The number of sulfonamides is 1. The average molecular weight is 577 g/mol. The highest BCUT2D eigenvalue weighted by Gasteiger charge is 2.36. The van der Waals surface area contributed by atoms with Gasteiger partial charge in [0, 0.05) is 32.2 Å². The Kier molecular flexibility index (Phi) is 8.30. The number of para-hydroxylation sites is 1. The summed E-state index contributed by atoms with van der Waals surface area (Å²) in [6.07, 6.45) is 3.78. The fourth-order valence-corrected chi connectivity index (χ4v) is 8.30.